The molecule has 3 nitrogen and oxygen atoms in total. The van der Waals surface area contributed by atoms with Gasteiger partial charge in [0.05, 0.1) is 27.8 Å². The van der Waals surface area contributed by atoms with Crippen molar-refractivity contribution in [3.05, 3.63) is 59.6 Å². The minimum Gasteiger partial charge on any atom is -0.399 e. The summed E-state index contributed by atoms with van der Waals surface area (Å²) in [6, 6.07) is 19.0. The van der Waals surface area contributed by atoms with Gasteiger partial charge >= 0.3 is 7.12 Å². The average molecular weight is 402 g/mol. The van der Waals surface area contributed by atoms with Crippen molar-refractivity contribution in [1.82, 2.24) is 4.40 Å². The van der Waals surface area contributed by atoms with Crippen LogP contribution < -0.4 is 5.46 Å². The minimum atomic E-state index is -0.393. The maximum Gasteiger partial charge on any atom is 0.495 e. The predicted octanol–water partition coefficient (Wildman–Crippen LogP) is 5.79. The maximum atomic E-state index is 6.40. The molecule has 0 radical (unpaired) electrons. The fraction of sp³-hybridized carbons (Fsp3) is 0.250. The van der Waals surface area contributed by atoms with Crippen LogP contribution in [0, 0.1) is 0 Å². The van der Waals surface area contributed by atoms with Gasteiger partial charge in [0.15, 0.2) is 0 Å². The summed E-state index contributed by atoms with van der Waals surface area (Å²) < 4.78 is 15.1. The van der Waals surface area contributed by atoms with Crippen LogP contribution in [0.15, 0.2) is 54.6 Å². The van der Waals surface area contributed by atoms with Crippen molar-refractivity contribution in [2.24, 2.45) is 0 Å². The van der Waals surface area contributed by atoms with E-state index in [9.17, 15) is 0 Å². The summed E-state index contributed by atoms with van der Waals surface area (Å²) in [6.07, 6.45) is 0. The van der Waals surface area contributed by atoms with Crippen molar-refractivity contribution < 1.29 is 9.31 Å². The van der Waals surface area contributed by atoms with Crippen LogP contribution in [0.4, 0.5) is 0 Å². The first-order chi connectivity index (χ1) is 13.8. The Labute approximate surface area is 174 Å². The molecule has 0 atom stereocenters. The Morgan fingerprint density at radius 3 is 2.24 bits per heavy atom. The molecule has 29 heavy (non-hydrogen) atoms. The maximum absolute atomic E-state index is 6.40. The predicted molar refractivity (Wildman–Crippen MR) is 122 cm³/mol. The normalized spacial score (nSPS) is 18.7. The highest BCUT2D eigenvalue weighted by Crippen LogP contribution is 2.41. The topological polar surface area (TPSA) is 22.9 Å². The molecule has 5 heteroatoms. The average Bonchev–Trinajstić information content (AvgIpc) is 3.25. The second-order valence-electron chi connectivity index (χ2n) is 9.03. The van der Waals surface area contributed by atoms with Crippen molar-refractivity contribution in [2.45, 2.75) is 38.9 Å². The van der Waals surface area contributed by atoms with Crippen LogP contribution in [0.1, 0.15) is 27.7 Å². The summed E-state index contributed by atoms with van der Waals surface area (Å²) >= 11 is 6.31. The lowest BCUT2D eigenvalue weighted by molar-refractivity contribution is 0.00578. The number of aromatic nitrogens is 1. The number of fused-ring (bicyclic) bond motifs is 6. The van der Waals surface area contributed by atoms with E-state index >= 15 is 0 Å². The highest BCUT2D eigenvalue weighted by Gasteiger charge is 2.52. The van der Waals surface area contributed by atoms with Crippen molar-refractivity contribution in [3.8, 4) is 0 Å². The van der Waals surface area contributed by atoms with E-state index in [1.165, 1.54) is 38.1 Å². The Bertz CT molecular complexity index is 1420. The molecule has 0 aliphatic carbocycles. The van der Waals surface area contributed by atoms with Gasteiger partial charge in [0.25, 0.3) is 0 Å². The SMILES string of the molecule is CC1(C)OB(c2cccc3c2c2cccc4c5cc(Cl)ccc5n3c42)OC1(C)C. The smallest absolute Gasteiger partial charge is 0.399 e. The number of para-hydroxylation sites is 1. The van der Waals surface area contributed by atoms with Crippen molar-refractivity contribution >= 4 is 62.3 Å². The van der Waals surface area contributed by atoms with E-state index < -0.39 is 7.12 Å². The van der Waals surface area contributed by atoms with Crippen LogP contribution >= 0.6 is 11.6 Å². The molecule has 144 valence electrons. The number of rotatable bonds is 1. The van der Waals surface area contributed by atoms with Crippen molar-refractivity contribution in [2.75, 3.05) is 0 Å². The molecule has 2 aromatic heterocycles. The van der Waals surface area contributed by atoms with Gasteiger partial charge in [0, 0.05) is 26.6 Å². The standard InChI is InChI=1S/C24H21BClNO2/c1-23(2)24(3,4)29-25(28-23)18-9-6-10-20-21(18)16-8-5-7-15-17-13-14(26)11-12-19(17)27(20)22(15)16/h5-13H,1-4H3. The Morgan fingerprint density at radius 2 is 1.48 bits per heavy atom. The summed E-state index contributed by atoms with van der Waals surface area (Å²) in [4.78, 5) is 0. The molecule has 1 aliphatic rings. The molecule has 0 amide bonds. The van der Waals surface area contributed by atoms with E-state index in [-0.39, 0.29) is 11.2 Å². The summed E-state index contributed by atoms with van der Waals surface area (Å²) in [5, 5.41) is 5.57. The fourth-order valence-corrected chi connectivity index (χ4v) is 4.87. The number of benzene rings is 3. The molecule has 5 aromatic rings. The first-order valence-electron chi connectivity index (χ1n) is 10.0. The highest BCUT2D eigenvalue weighted by atomic mass is 35.5. The third kappa shape index (κ3) is 2.17. The second-order valence-corrected chi connectivity index (χ2v) is 9.46. The second kappa shape index (κ2) is 5.45. The fourth-order valence-electron chi connectivity index (χ4n) is 4.70. The van der Waals surface area contributed by atoms with Crippen molar-refractivity contribution in [3.63, 3.8) is 0 Å². The third-order valence-corrected chi connectivity index (χ3v) is 7.08. The lowest BCUT2D eigenvalue weighted by Gasteiger charge is -2.32. The van der Waals surface area contributed by atoms with Crippen LogP contribution in [0.3, 0.4) is 0 Å². The van der Waals surface area contributed by atoms with Crippen LogP contribution in [-0.4, -0.2) is 22.7 Å². The van der Waals surface area contributed by atoms with E-state index in [0.29, 0.717) is 0 Å². The zero-order valence-electron chi connectivity index (χ0n) is 16.9. The van der Waals surface area contributed by atoms with Gasteiger partial charge < -0.3 is 13.7 Å². The molecule has 1 saturated heterocycles. The lowest BCUT2D eigenvalue weighted by atomic mass is 9.76. The largest absolute Gasteiger partial charge is 0.495 e. The Kier molecular flexibility index (Phi) is 3.31. The van der Waals surface area contributed by atoms with Gasteiger partial charge in [0.2, 0.25) is 0 Å². The minimum absolute atomic E-state index is 0.371. The monoisotopic (exact) mass is 401 g/mol. The van der Waals surface area contributed by atoms with Gasteiger partial charge in [-0.1, -0.05) is 41.9 Å². The van der Waals surface area contributed by atoms with E-state index in [1.807, 2.05) is 6.07 Å². The Morgan fingerprint density at radius 1 is 0.793 bits per heavy atom. The molecule has 0 unspecified atom stereocenters. The zero-order chi connectivity index (χ0) is 20.1. The summed E-state index contributed by atoms with van der Waals surface area (Å²) in [5.74, 6) is 0. The molecule has 3 heterocycles. The number of hydrogen-bond donors (Lipinski definition) is 0. The summed E-state index contributed by atoms with van der Waals surface area (Å²) in [5.41, 5.74) is 3.90. The molecular weight excluding hydrogens is 381 g/mol. The number of halogens is 1. The number of nitrogens with zero attached hydrogens (tertiary/aromatic N) is 1. The Hall–Kier alpha value is -2.27. The van der Waals surface area contributed by atoms with E-state index in [1.54, 1.807) is 0 Å². The van der Waals surface area contributed by atoms with Crippen LogP contribution in [-0.2, 0) is 9.31 Å². The molecule has 6 rings (SSSR count). The zero-order valence-corrected chi connectivity index (χ0v) is 17.7. The van der Waals surface area contributed by atoms with Gasteiger partial charge in [0.1, 0.15) is 0 Å². The van der Waals surface area contributed by atoms with Crippen molar-refractivity contribution in [1.29, 1.82) is 0 Å². The van der Waals surface area contributed by atoms with E-state index in [4.69, 9.17) is 20.9 Å². The van der Waals surface area contributed by atoms with Crippen LogP contribution in [0.25, 0.3) is 38.1 Å². The van der Waals surface area contributed by atoms with Gasteiger partial charge in [-0.25, -0.2) is 0 Å². The molecular formula is C24H21BClNO2. The first kappa shape index (κ1) is 17.6. The molecule has 0 N–H and O–H groups in total. The Balaban J connectivity index is 1.73. The lowest BCUT2D eigenvalue weighted by Crippen LogP contribution is -2.41. The van der Waals surface area contributed by atoms with E-state index in [0.717, 1.165) is 10.5 Å². The quantitative estimate of drug-likeness (QED) is 0.332. The van der Waals surface area contributed by atoms with Gasteiger partial charge in [-0.2, -0.15) is 0 Å². The molecule has 0 saturated carbocycles. The van der Waals surface area contributed by atoms with Crippen LogP contribution in [0.2, 0.25) is 5.02 Å². The summed E-state index contributed by atoms with van der Waals surface area (Å²) in [7, 11) is -0.393. The van der Waals surface area contributed by atoms with Crippen LogP contribution in [0.5, 0.6) is 0 Å². The first-order valence-corrected chi connectivity index (χ1v) is 10.4. The van der Waals surface area contributed by atoms with Gasteiger partial charge in [-0.3, -0.25) is 0 Å². The molecule has 0 bridgehead atoms. The third-order valence-electron chi connectivity index (χ3n) is 6.84. The molecule has 3 aromatic carbocycles. The van der Waals surface area contributed by atoms with Gasteiger partial charge in [-0.05, 0) is 57.4 Å². The molecule has 1 aliphatic heterocycles. The van der Waals surface area contributed by atoms with Gasteiger partial charge in [-0.15, -0.1) is 0 Å². The summed E-state index contributed by atoms with van der Waals surface area (Å²) in [6.45, 7) is 8.38. The highest BCUT2D eigenvalue weighted by molar-refractivity contribution is 6.66. The molecule has 1 fully saturated rings. The van der Waals surface area contributed by atoms with E-state index in [2.05, 4.69) is 80.6 Å². The number of hydrogen-bond acceptors (Lipinski definition) is 2. The molecule has 0 spiro atoms.